The Morgan fingerprint density at radius 3 is 1.25 bits per heavy atom. The Bertz CT molecular complexity index is 654. The molecular weight excluding hydrogens is 304 g/mol. The molecule has 0 spiro atoms. The molecule has 24 heavy (non-hydrogen) atoms. The molecule has 0 heterocycles. The van der Waals surface area contributed by atoms with Gasteiger partial charge < -0.3 is 10.2 Å². The second-order valence-corrected chi connectivity index (χ2v) is 5.67. The Morgan fingerprint density at radius 1 is 0.625 bits per heavy atom. The van der Waals surface area contributed by atoms with Crippen molar-refractivity contribution in [1.29, 1.82) is 0 Å². The highest BCUT2D eigenvalue weighted by molar-refractivity contribution is 5.73. The first-order valence-electron chi connectivity index (χ1n) is 7.76. The van der Waals surface area contributed by atoms with Crippen LogP contribution in [0.15, 0.2) is 71.8 Å². The van der Waals surface area contributed by atoms with Crippen molar-refractivity contribution < 1.29 is 19.8 Å². The summed E-state index contributed by atoms with van der Waals surface area (Å²) in [5.74, 6) is -1.89. The van der Waals surface area contributed by atoms with Gasteiger partial charge in [-0.1, -0.05) is 71.8 Å². The minimum Gasteiger partial charge on any atom is -0.481 e. The molecule has 2 rings (SSSR count). The van der Waals surface area contributed by atoms with E-state index < -0.39 is 11.9 Å². The molecule has 124 valence electrons. The molecule has 0 aliphatic rings. The second-order valence-electron chi connectivity index (χ2n) is 5.67. The largest absolute Gasteiger partial charge is 0.481 e. The lowest BCUT2D eigenvalue weighted by Gasteiger charge is -2.14. The van der Waals surface area contributed by atoms with Gasteiger partial charge in [0.15, 0.2) is 0 Å². The Labute approximate surface area is 141 Å². The van der Waals surface area contributed by atoms with Crippen LogP contribution in [0.1, 0.15) is 24.0 Å². The Kier molecular flexibility index (Phi) is 6.32. The maximum atomic E-state index is 11.3. The minimum atomic E-state index is -0.947. The monoisotopic (exact) mass is 324 g/mol. The predicted molar refractivity (Wildman–Crippen MR) is 91.8 cm³/mol. The van der Waals surface area contributed by atoms with Crippen molar-refractivity contribution in [3.63, 3.8) is 0 Å². The minimum absolute atomic E-state index is 0.148. The fourth-order valence-corrected chi connectivity index (χ4v) is 2.67. The van der Waals surface area contributed by atoms with Crippen LogP contribution in [0.4, 0.5) is 0 Å². The van der Waals surface area contributed by atoms with E-state index in [-0.39, 0.29) is 12.8 Å². The van der Waals surface area contributed by atoms with E-state index in [9.17, 15) is 19.8 Å². The van der Waals surface area contributed by atoms with Crippen LogP contribution >= 0.6 is 0 Å². The summed E-state index contributed by atoms with van der Waals surface area (Å²) in [6.45, 7) is 0. The topological polar surface area (TPSA) is 74.6 Å². The van der Waals surface area contributed by atoms with Crippen LogP contribution in [0.3, 0.4) is 0 Å². The van der Waals surface area contributed by atoms with E-state index in [2.05, 4.69) is 0 Å². The van der Waals surface area contributed by atoms with E-state index in [4.69, 9.17) is 0 Å². The number of carboxylic acids is 2. The van der Waals surface area contributed by atoms with Gasteiger partial charge in [-0.2, -0.15) is 0 Å². The van der Waals surface area contributed by atoms with Crippen LogP contribution in [0.5, 0.6) is 0 Å². The van der Waals surface area contributed by atoms with Crippen LogP contribution in [-0.4, -0.2) is 22.2 Å². The van der Waals surface area contributed by atoms with Crippen LogP contribution in [0, 0.1) is 0 Å². The summed E-state index contributed by atoms with van der Waals surface area (Å²) in [7, 11) is 0. The molecule has 2 N–H and O–H groups in total. The lowest BCUT2D eigenvalue weighted by atomic mass is 9.91. The van der Waals surface area contributed by atoms with E-state index in [0.717, 1.165) is 11.1 Å². The lowest BCUT2D eigenvalue weighted by Crippen LogP contribution is -2.09. The van der Waals surface area contributed by atoms with E-state index in [0.29, 0.717) is 24.0 Å². The van der Waals surface area contributed by atoms with Crippen molar-refractivity contribution in [2.24, 2.45) is 0 Å². The van der Waals surface area contributed by atoms with E-state index in [1.54, 1.807) is 0 Å². The van der Waals surface area contributed by atoms with Gasteiger partial charge in [-0.15, -0.1) is 0 Å². The number of aliphatic carboxylic acids is 2. The maximum absolute atomic E-state index is 11.3. The van der Waals surface area contributed by atoms with Crippen LogP contribution in [0.25, 0.3) is 0 Å². The third-order valence-corrected chi connectivity index (χ3v) is 3.75. The fourth-order valence-electron chi connectivity index (χ4n) is 2.67. The summed E-state index contributed by atoms with van der Waals surface area (Å²) in [5.41, 5.74) is 3.29. The first kappa shape index (κ1) is 17.5. The van der Waals surface area contributed by atoms with Crippen LogP contribution in [0.2, 0.25) is 0 Å². The number of hydrogen-bond acceptors (Lipinski definition) is 2. The van der Waals surface area contributed by atoms with E-state index in [1.807, 2.05) is 60.7 Å². The Balaban J connectivity index is 2.37. The fraction of sp³-hybridized carbons (Fsp3) is 0.200. The number of hydrogen-bond donors (Lipinski definition) is 2. The third-order valence-electron chi connectivity index (χ3n) is 3.75. The molecule has 0 unspecified atom stereocenters. The quantitative estimate of drug-likeness (QED) is 0.726. The summed E-state index contributed by atoms with van der Waals surface area (Å²) < 4.78 is 0. The molecule has 4 nitrogen and oxygen atoms in total. The molecule has 0 bridgehead atoms. The van der Waals surface area contributed by atoms with E-state index >= 15 is 0 Å². The highest BCUT2D eigenvalue weighted by atomic mass is 16.4. The third kappa shape index (κ3) is 5.72. The van der Waals surface area contributed by atoms with E-state index in [1.165, 1.54) is 0 Å². The van der Waals surface area contributed by atoms with Crippen molar-refractivity contribution in [2.75, 3.05) is 0 Å². The summed E-state index contributed by atoms with van der Waals surface area (Å²) in [5, 5.41) is 18.5. The van der Waals surface area contributed by atoms with Gasteiger partial charge in [0.2, 0.25) is 0 Å². The van der Waals surface area contributed by atoms with Gasteiger partial charge >= 0.3 is 11.9 Å². The van der Waals surface area contributed by atoms with Gasteiger partial charge in [-0.05, 0) is 24.0 Å². The molecular formula is C20H20O4. The van der Waals surface area contributed by atoms with Gasteiger partial charge in [0, 0.05) is 0 Å². The first-order chi connectivity index (χ1) is 11.5. The highest BCUT2D eigenvalue weighted by Gasteiger charge is 2.15. The smallest absolute Gasteiger partial charge is 0.307 e. The molecule has 0 radical (unpaired) electrons. The van der Waals surface area contributed by atoms with Gasteiger partial charge in [0.1, 0.15) is 0 Å². The zero-order valence-electron chi connectivity index (χ0n) is 13.3. The summed E-state index contributed by atoms with van der Waals surface area (Å²) in [6.07, 6.45) is 0.597. The van der Waals surface area contributed by atoms with Crippen LogP contribution < -0.4 is 0 Å². The van der Waals surface area contributed by atoms with Crippen molar-refractivity contribution >= 4 is 11.9 Å². The summed E-state index contributed by atoms with van der Waals surface area (Å²) in [6, 6.07) is 19.0. The van der Waals surface area contributed by atoms with Crippen LogP contribution in [-0.2, 0) is 22.4 Å². The average molecular weight is 324 g/mol. The lowest BCUT2D eigenvalue weighted by molar-refractivity contribution is -0.137. The highest BCUT2D eigenvalue weighted by Crippen LogP contribution is 2.22. The number of rotatable bonds is 8. The Morgan fingerprint density at radius 2 is 0.958 bits per heavy atom. The average Bonchev–Trinajstić information content (AvgIpc) is 2.55. The Hall–Kier alpha value is -2.88. The molecule has 0 fully saturated rings. The van der Waals surface area contributed by atoms with Gasteiger partial charge in [-0.25, -0.2) is 0 Å². The molecule has 2 aromatic rings. The summed E-state index contributed by atoms with van der Waals surface area (Å²) >= 11 is 0. The van der Waals surface area contributed by atoms with Gasteiger partial charge in [0.25, 0.3) is 0 Å². The molecule has 0 aromatic heterocycles. The zero-order valence-corrected chi connectivity index (χ0v) is 13.3. The van der Waals surface area contributed by atoms with Gasteiger partial charge in [-0.3, -0.25) is 9.59 Å². The predicted octanol–water partition coefficient (Wildman–Crippen LogP) is 3.72. The molecule has 2 aromatic carbocycles. The molecule has 0 atom stereocenters. The number of carboxylic acid groups (broad SMARTS) is 2. The van der Waals surface area contributed by atoms with Gasteiger partial charge in [0.05, 0.1) is 12.8 Å². The SMILES string of the molecule is O=C(O)CC(Cc1ccccc1)=C(CC(=O)O)Cc1ccccc1. The first-order valence-corrected chi connectivity index (χ1v) is 7.76. The zero-order chi connectivity index (χ0) is 17.4. The van der Waals surface area contributed by atoms with Crippen molar-refractivity contribution in [3.05, 3.63) is 82.9 Å². The molecule has 4 heteroatoms. The van der Waals surface area contributed by atoms with Crippen molar-refractivity contribution in [2.45, 2.75) is 25.7 Å². The number of carbonyl (C=O) groups is 2. The van der Waals surface area contributed by atoms with Crippen molar-refractivity contribution in [1.82, 2.24) is 0 Å². The molecule has 0 saturated heterocycles. The molecule has 0 aliphatic heterocycles. The molecule has 0 aliphatic carbocycles. The summed E-state index contributed by atoms with van der Waals surface area (Å²) in [4.78, 5) is 22.5. The standard InChI is InChI=1S/C20H20O4/c21-19(22)13-17(11-15-7-3-1-4-8-15)18(14-20(23)24)12-16-9-5-2-6-10-16/h1-10H,11-14H2,(H,21,22)(H,23,24). The van der Waals surface area contributed by atoms with Crippen molar-refractivity contribution in [3.8, 4) is 0 Å². The normalized spacial score (nSPS) is 11.7. The molecule has 0 amide bonds. The number of benzene rings is 2. The second kappa shape index (κ2) is 8.67. The molecule has 0 saturated carbocycles. The maximum Gasteiger partial charge on any atom is 0.307 e.